The SMILES string of the molecule is CC(C)(CS)C1=NCCS1. The Bertz CT molecular complexity index is 152. The van der Waals surface area contributed by atoms with E-state index in [2.05, 4.69) is 31.5 Å². The minimum atomic E-state index is 0.199. The number of thioether (sulfide) groups is 1. The van der Waals surface area contributed by atoms with Crippen LogP contribution in [0.25, 0.3) is 0 Å². The molecular formula is C7H13NS2. The Morgan fingerprint density at radius 3 is 2.80 bits per heavy atom. The average molecular weight is 175 g/mol. The summed E-state index contributed by atoms with van der Waals surface area (Å²) in [4.78, 5) is 4.41. The summed E-state index contributed by atoms with van der Waals surface area (Å²) in [5, 5.41) is 1.28. The number of hydrogen-bond acceptors (Lipinski definition) is 3. The van der Waals surface area contributed by atoms with Gasteiger partial charge in [0, 0.05) is 23.5 Å². The molecule has 0 aromatic rings. The van der Waals surface area contributed by atoms with E-state index in [1.165, 1.54) is 5.04 Å². The van der Waals surface area contributed by atoms with Gasteiger partial charge >= 0.3 is 0 Å². The van der Waals surface area contributed by atoms with E-state index in [9.17, 15) is 0 Å². The summed E-state index contributed by atoms with van der Waals surface area (Å²) in [7, 11) is 0. The third-order valence-corrected chi connectivity index (χ3v) is 3.69. The van der Waals surface area contributed by atoms with E-state index < -0.39 is 0 Å². The summed E-state index contributed by atoms with van der Waals surface area (Å²) in [6.45, 7) is 5.38. The van der Waals surface area contributed by atoms with E-state index >= 15 is 0 Å². The zero-order chi connectivity index (χ0) is 7.61. The molecule has 0 saturated heterocycles. The van der Waals surface area contributed by atoms with Crippen molar-refractivity contribution < 1.29 is 0 Å². The summed E-state index contributed by atoms with van der Waals surface area (Å²) >= 11 is 6.16. The normalized spacial score (nSPS) is 19.3. The lowest BCUT2D eigenvalue weighted by molar-refractivity contribution is 0.616. The molecule has 1 heterocycles. The second-order valence-corrected chi connectivity index (χ2v) is 4.48. The van der Waals surface area contributed by atoms with Gasteiger partial charge in [-0.3, -0.25) is 4.99 Å². The van der Waals surface area contributed by atoms with E-state index in [0.29, 0.717) is 0 Å². The minimum absolute atomic E-state index is 0.199. The molecule has 0 aromatic heterocycles. The molecule has 1 aliphatic rings. The molecule has 0 amide bonds. The fourth-order valence-corrected chi connectivity index (χ4v) is 2.09. The summed E-state index contributed by atoms with van der Waals surface area (Å²) in [5.41, 5.74) is 0.199. The largest absolute Gasteiger partial charge is 0.281 e. The smallest absolute Gasteiger partial charge is 0.0741 e. The molecule has 1 nitrogen and oxygen atoms in total. The highest BCUT2D eigenvalue weighted by Gasteiger charge is 2.25. The molecule has 1 rings (SSSR count). The van der Waals surface area contributed by atoms with Crippen molar-refractivity contribution in [3.63, 3.8) is 0 Å². The van der Waals surface area contributed by atoms with Gasteiger partial charge in [-0.1, -0.05) is 13.8 Å². The Balaban J connectivity index is 2.62. The fraction of sp³-hybridized carbons (Fsp3) is 0.857. The van der Waals surface area contributed by atoms with Crippen LogP contribution in [0.3, 0.4) is 0 Å². The van der Waals surface area contributed by atoms with Crippen molar-refractivity contribution in [1.82, 2.24) is 0 Å². The summed E-state index contributed by atoms with van der Waals surface area (Å²) < 4.78 is 0. The maximum atomic E-state index is 4.41. The van der Waals surface area contributed by atoms with Gasteiger partial charge in [-0.15, -0.1) is 11.8 Å². The van der Waals surface area contributed by atoms with Gasteiger partial charge in [0.05, 0.1) is 5.04 Å². The number of rotatable bonds is 2. The molecule has 0 spiro atoms. The molecule has 0 aromatic carbocycles. The molecule has 0 fully saturated rings. The molecule has 0 atom stereocenters. The van der Waals surface area contributed by atoms with Crippen molar-refractivity contribution in [2.24, 2.45) is 10.4 Å². The molecule has 0 radical (unpaired) electrons. The Labute approximate surface area is 72.1 Å². The standard InChI is InChI=1S/C7H13NS2/c1-7(2,5-9)6-8-3-4-10-6/h9H,3-5H2,1-2H3. The van der Waals surface area contributed by atoms with Gasteiger partial charge in [0.2, 0.25) is 0 Å². The van der Waals surface area contributed by atoms with Crippen LogP contribution in [0.4, 0.5) is 0 Å². The van der Waals surface area contributed by atoms with E-state index in [0.717, 1.165) is 18.1 Å². The van der Waals surface area contributed by atoms with Gasteiger partial charge in [0.15, 0.2) is 0 Å². The van der Waals surface area contributed by atoms with Crippen molar-refractivity contribution in [3.05, 3.63) is 0 Å². The van der Waals surface area contributed by atoms with Crippen LogP contribution in [0.15, 0.2) is 4.99 Å². The molecule has 0 unspecified atom stereocenters. The second-order valence-electron chi connectivity index (χ2n) is 3.08. The lowest BCUT2D eigenvalue weighted by Crippen LogP contribution is -2.22. The first-order chi connectivity index (χ1) is 4.67. The molecule has 0 aliphatic carbocycles. The van der Waals surface area contributed by atoms with Gasteiger partial charge in [0.1, 0.15) is 0 Å². The number of thiol groups is 1. The first-order valence-corrected chi connectivity index (χ1v) is 5.07. The molecule has 58 valence electrons. The molecule has 0 N–H and O–H groups in total. The molecule has 0 bridgehead atoms. The van der Waals surface area contributed by atoms with Crippen LogP contribution in [-0.2, 0) is 0 Å². The zero-order valence-electron chi connectivity index (χ0n) is 6.42. The second kappa shape index (κ2) is 3.18. The zero-order valence-corrected chi connectivity index (χ0v) is 8.13. The van der Waals surface area contributed by atoms with Crippen molar-refractivity contribution >= 4 is 29.4 Å². The van der Waals surface area contributed by atoms with Crippen LogP contribution >= 0.6 is 24.4 Å². The van der Waals surface area contributed by atoms with Gasteiger partial charge in [-0.05, 0) is 0 Å². The van der Waals surface area contributed by atoms with Crippen molar-refractivity contribution in [3.8, 4) is 0 Å². The quantitative estimate of drug-likeness (QED) is 0.634. The first kappa shape index (κ1) is 8.47. The van der Waals surface area contributed by atoms with Crippen molar-refractivity contribution in [2.45, 2.75) is 13.8 Å². The van der Waals surface area contributed by atoms with Gasteiger partial charge in [-0.25, -0.2) is 0 Å². The maximum absolute atomic E-state index is 4.41. The minimum Gasteiger partial charge on any atom is -0.281 e. The molecule has 1 aliphatic heterocycles. The Kier molecular flexibility index (Phi) is 2.69. The lowest BCUT2D eigenvalue weighted by Gasteiger charge is -2.20. The van der Waals surface area contributed by atoms with Crippen LogP contribution in [0.2, 0.25) is 0 Å². The van der Waals surface area contributed by atoms with Crippen molar-refractivity contribution in [1.29, 1.82) is 0 Å². The summed E-state index contributed by atoms with van der Waals surface area (Å²) in [6.07, 6.45) is 0. The number of aliphatic imine (C=N–C) groups is 1. The highest BCUT2D eigenvalue weighted by atomic mass is 32.2. The third-order valence-electron chi connectivity index (χ3n) is 1.56. The van der Waals surface area contributed by atoms with Crippen LogP contribution < -0.4 is 0 Å². The van der Waals surface area contributed by atoms with E-state index in [-0.39, 0.29) is 5.41 Å². The topological polar surface area (TPSA) is 12.4 Å². The fourth-order valence-electron chi connectivity index (χ4n) is 0.812. The van der Waals surface area contributed by atoms with E-state index in [1.807, 2.05) is 11.8 Å². The van der Waals surface area contributed by atoms with Gasteiger partial charge in [0.25, 0.3) is 0 Å². The predicted molar refractivity (Wildman–Crippen MR) is 52.4 cm³/mol. The maximum Gasteiger partial charge on any atom is 0.0741 e. The van der Waals surface area contributed by atoms with Crippen LogP contribution in [0, 0.1) is 5.41 Å². The Morgan fingerprint density at radius 1 is 1.70 bits per heavy atom. The predicted octanol–water partition coefficient (Wildman–Crippen LogP) is 2.09. The molecule has 10 heavy (non-hydrogen) atoms. The van der Waals surface area contributed by atoms with Crippen molar-refractivity contribution in [2.75, 3.05) is 18.1 Å². The Hall–Kier alpha value is 0.370. The van der Waals surface area contributed by atoms with Gasteiger partial charge < -0.3 is 0 Å². The van der Waals surface area contributed by atoms with E-state index in [4.69, 9.17) is 0 Å². The highest BCUT2D eigenvalue weighted by Crippen LogP contribution is 2.29. The lowest BCUT2D eigenvalue weighted by atomic mass is 9.98. The Morgan fingerprint density at radius 2 is 2.40 bits per heavy atom. The molecular weight excluding hydrogens is 162 g/mol. The third kappa shape index (κ3) is 1.70. The number of hydrogen-bond donors (Lipinski definition) is 1. The van der Waals surface area contributed by atoms with Gasteiger partial charge in [-0.2, -0.15) is 12.6 Å². The van der Waals surface area contributed by atoms with Crippen LogP contribution in [0.1, 0.15) is 13.8 Å². The summed E-state index contributed by atoms with van der Waals surface area (Å²) in [5.74, 6) is 2.05. The average Bonchev–Trinajstić information content (AvgIpc) is 2.38. The first-order valence-electron chi connectivity index (χ1n) is 3.45. The molecule has 3 heteroatoms. The van der Waals surface area contributed by atoms with Crippen LogP contribution in [-0.4, -0.2) is 23.1 Å². The van der Waals surface area contributed by atoms with Crippen LogP contribution in [0.5, 0.6) is 0 Å². The highest BCUT2D eigenvalue weighted by molar-refractivity contribution is 8.14. The van der Waals surface area contributed by atoms with E-state index in [1.54, 1.807) is 0 Å². The summed E-state index contributed by atoms with van der Waals surface area (Å²) in [6, 6.07) is 0. The molecule has 0 saturated carbocycles. The number of nitrogens with zero attached hydrogens (tertiary/aromatic N) is 1. The monoisotopic (exact) mass is 175 g/mol.